The van der Waals surface area contributed by atoms with Crippen LogP contribution in [-0.4, -0.2) is 8.24 Å². The fourth-order valence-corrected chi connectivity index (χ4v) is 1.98. The van der Waals surface area contributed by atoms with E-state index in [9.17, 15) is 0 Å². The van der Waals surface area contributed by atoms with E-state index < -0.39 is 8.24 Å². The van der Waals surface area contributed by atoms with Crippen molar-refractivity contribution < 1.29 is 0 Å². The minimum Gasteiger partial charge on any atom is -0.334 e. The highest BCUT2D eigenvalue weighted by Gasteiger charge is 2.11. The SMILES string of the molecule is C=Cc1ccccc1CN[Si](C)(C)C. The Morgan fingerprint density at radius 3 is 2.50 bits per heavy atom. The van der Waals surface area contributed by atoms with Crippen LogP contribution in [-0.2, 0) is 6.54 Å². The lowest BCUT2D eigenvalue weighted by atomic mass is 10.1. The predicted octanol–water partition coefficient (Wildman–Crippen LogP) is 3.25. The van der Waals surface area contributed by atoms with Crippen molar-refractivity contribution in [3.8, 4) is 0 Å². The lowest BCUT2D eigenvalue weighted by Crippen LogP contribution is -2.40. The van der Waals surface area contributed by atoms with Crippen molar-refractivity contribution in [1.82, 2.24) is 4.98 Å². The third-order valence-electron chi connectivity index (χ3n) is 2.08. The lowest BCUT2D eigenvalue weighted by Gasteiger charge is -2.18. The monoisotopic (exact) mass is 205 g/mol. The Bertz CT molecular complexity index is 312. The van der Waals surface area contributed by atoms with Gasteiger partial charge in [0.05, 0.1) is 0 Å². The number of benzene rings is 1. The van der Waals surface area contributed by atoms with E-state index in [2.05, 4.69) is 55.5 Å². The van der Waals surface area contributed by atoms with Crippen molar-refractivity contribution in [2.45, 2.75) is 26.2 Å². The summed E-state index contributed by atoms with van der Waals surface area (Å²) in [6, 6.07) is 8.39. The molecule has 0 atom stereocenters. The first-order valence-electron chi connectivity index (χ1n) is 4.98. The van der Waals surface area contributed by atoms with Gasteiger partial charge in [0.1, 0.15) is 8.24 Å². The molecule has 0 spiro atoms. The molecular weight excluding hydrogens is 186 g/mol. The molecule has 0 saturated carbocycles. The molecule has 1 aromatic carbocycles. The fourth-order valence-electron chi connectivity index (χ4n) is 1.25. The summed E-state index contributed by atoms with van der Waals surface area (Å²) in [7, 11) is -1.16. The average molecular weight is 205 g/mol. The molecule has 2 heteroatoms. The molecule has 76 valence electrons. The summed E-state index contributed by atoms with van der Waals surface area (Å²) in [6.45, 7) is 11.7. The van der Waals surface area contributed by atoms with E-state index in [4.69, 9.17) is 0 Å². The zero-order valence-corrected chi connectivity index (χ0v) is 10.3. The molecule has 0 bridgehead atoms. The second-order valence-corrected chi connectivity index (χ2v) is 9.36. The predicted molar refractivity (Wildman–Crippen MR) is 66.7 cm³/mol. The highest BCUT2D eigenvalue weighted by Crippen LogP contribution is 2.10. The van der Waals surface area contributed by atoms with Crippen LogP contribution in [0.3, 0.4) is 0 Å². The van der Waals surface area contributed by atoms with E-state index in [-0.39, 0.29) is 0 Å². The first kappa shape index (κ1) is 11.2. The van der Waals surface area contributed by atoms with Gasteiger partial charge in [-0.2, -0.15) is 0 Å². The third-order valence-corrected chi connectivity index (χ3v) is 3.32. The quantitative estimate of drug-likeness (QED) is 0.744. The summed E-state index contributed by atoms with van der Waals surface area (Å²) in [6.07, 6.45) is 1.92. The van der Waals surface area contributed by atoms with Crippen LogP contribution in [0, 0.1) is 0 Å². The number of hydrogen-bond donors (Lipinski definition) is 1. The van der Waals surface area contributed by atoms with Crippen LogP contribution in [0.4, 0.5) is 0 Å². The van der Waals surface area contributed by atoms with Gasteiger partial charge in [0.15, 0.2) is 0 Å². The van der Waals surface area contributed by atoms with Gasteiger partial charge in [-0.1, -0.05) is 56.6 Å². The zero-order chi connectivity index (χ0) is 10.6. The standard InChI is InChI=1S/C12H19NSi/c1-5-11-8-6-7-9-12(11)10-13-14(2,3)4/h5-9,13H,1,10H2,2-4H3. The van der Waals surface area contributed by atoms with Crippen molar-refractivity contribution in [1.29, 1.82) is 0 Å². The first-order chi connectivity index (χ1) is 6.53. The second kappa shape index (κ2) is 4.58. The van der Waals surface area contributed by atoms with E-state index in [0.29, 0.717) is 0 Å². The number of rotatable bonds is 4. The Kier molecular flexibility index (Phi) is 3.67. The molecule has 0 fully saturated rings. The molecular formula is C12H19NSi. The molecule has 0 aliphatic rings. The highest BCUT2D eigenvalue weighted by atomic mass is 28.3. The summed E-state index contributed by atoms with van der Waals surface area (Å²) >= 11 is 0. The van der Waals surface area contributed by atoms with E-state index in [0.717, 1.165) is 6.54 Å². The van der Waals surface area contributed by atoms with Crippen LogP contribution in [0.15, 0.2) is 30.8 Å². The van der Waals surface area contributed by atoms with Crippen LogP contribution >= 0.6 is 0 Å². The summed E-state index contributed by atoms with van der Waals surface area (Å²) in [5, 5.41) is 0. The van der Waals surface area contributed by atoms with Crippen LogP contribution in [0.25, 0.3) is 6.08 Å². The second-order valence-electron chi connectivity index (χ2n) is 4.51. The van der Waals surface area contributed by atoms with E-state index in [1.54, 1.807) is 0 Å². The fraction of sp³-hybridized carbons (Fsp3) is 0.333. The summed E-state index contributed by atoms with van der Waals surface area (Å²) < 4.78 is 0. The molecule has 0 aromatic heterocycles. The molecule has 0 aliphatic heterocycles. The van der Waals surface area contributed by atoms with E-state index in [1.165, 1.54) is 11.1 Å². The van der Waals surface area contributed by atoms with Gasteiger partial charge in [0.2, 0.25) is 0 Å². The van der Waals surface area contributed by atoms with Gasteiger partial charge < -0.3 is 4.98 Å². The number of nitrogens with one attached hydrogen (secondary N) is 1. The third kappa shape index (κ3) is 3.48. The summed E-state index contributed by atoms with van der Waals surface area (Å²) in [5.74, 6) is 0. The molecule has 0 amide bonds. The van der Waals surface area contributed by atoms with Crippen molar-refractivity contribution in [3.05, 3.63) is 42.0 Å². The van der Waals surface area contributed by atoms with E-state index in [1.807, 2.05) is 6.08 Å². The molecule has 0 aliphatic carbocycles. The smallest absolute Gasteiger partial charge is 0.116 e. The summed E-state index contributed by atoms with van der Waals surface area (Å²) in [4.78, 5) is 3.60. The molecule has 1 rings (SSSR count). The maximum Gasteiger partial charge on any atom is 0.116 e. The molecule has 1 aromatic rings. The normalized spacial score (nSPS) is 11.4. The minimum atomic E-state index is -1.16. The Labute approximate surface area is 87.9 Å². The van der Waals surface area contributed by atoms with Gasteiger partial charge in [-0.3, -0.25) is 0 Å². The van der Waals surface area contributed by atoms with Crippen LogP contribution < -0.4 is 4.98 Å². The zero-order valence-electron chi connectivity index (χ0n) is 9.30. The molecule has 14 heavy (non-hydrogen) atoms. The minimum absolute atomic E-state index is 0.956. The lowest BCUT2D eigenvalue weighted by molar-refractivity contribution is 0.913. The molecule has 0 heterocycles. The van der Waals surface area contributed by atoms with Crippen molar-refractivity contribution in [2.75, 3.05) is 0 Å². The van der Waals surface area contributed by atoms with Gasteiger partial charge in [0, 0.05) is 6.54 Å². The Hall–Kier alpha value is -0.863. The van der Waals surface area contributed by atoms with Gasteiger partial charge in [-0.05, 0) is 11.1 Å². The van der Waals surface area contributed by atoms with Crippen LogP contribution in [0.1, 0.15) is 11.1 Å². The number of hydrogen-bond acceptors (Lipinski definition) is 1. The average Bonchev–Trinajstić information content (AvgIpc) is 2.14. The van der Waals surface area contributed by atoms with Crippen molar-refractivity contribution in [3.63, 3.8) is 0 Å². The molecule has 0 unspecified atom stereocenters. The van der Waals surface area contributed by atoms with Gasteiger partial charge in [-0.25, -0.2) is 0 Å². The highest BCUT2D eigenvalue weighted by molar-refractivity contribution is 6.73. The molecule has 0 radical (unpaired) electrons. The Morgan fingerprint density at radius 2 is 1.93 bits per heavy atom. The Morgan fingerprint density at radius 1 is 1.29 bits per heavy atom. The Balaban J connectivity index is 2.71. The van der Waals surface area contributed by atoms with Crippen LogP contribution in [0.2, 0.25) is 19.6 Å². The molecule has 0 saturated heterocycles. The summed E-state index contributed by atoms with van der Waals surface area (Å²) in [5.41, 5.74) is 2.57. The van der Waals surface area contributed by atoms with Gasteiger partial charge in [0.25, 0.3) is 0 Å². The van der Waals surface area contributed by atoms with Crippen molar-refractivity contribution in [2.24, 2.45) is 0 Å². The molecule has 1 nitrogen and oxygen atoms in total. The maximum absolute atomic E-state index is 3.82. The topological polar surface area (TPSA) is 12.0 Å². The maximum atomic E-state index is 3.82. The van der Waals surface area contributed by atoms with Gasteiger partial charge in [-0.15, -0.1) is 0 Å². The van der Waals surface area contributed by atoms with Gasteiger partial charge >= 0.3 is 0 Å². The van der Waals surface area contributed by atoms with E-state index >= 15 is 0 Å². The van der Waals surface area contributed by atoms with Crippen LogP contribution in [0.5, 0.6) is 0 Å². The van der Waals surface area contributed by atoms with Crippen molar-refractivity contribution >= 4 is 14.3 Å². The molecule has 1 N–H and O–H groups in total. The first-order valence-corrected chi connectivity index (χ1v) is 8.48. The largest absolute Gasteiger partial charge is 0.334 e.